The first kappa shape index (κ1) is 21.2. The lowest BCUT2D eigenvalue weighted by Gasteiger charge is -2.14. The fourth-order valence-electron chi connectivity index (χ4n) is 2.62. The number of thiazole rings is 1. The molecule has 1 N–H and O–H groups in total. The molecule has 30 heavy (non-hydrogen) atoms. The van der Waals surface area contributed by atoms with E-state index in [2.05, 4.69) is 15.0 Å². The Bertz CT molecular complexity index is 1080. The number of carbonyl (C=O) groups is 1. The maximum Gasteiger partial charge on any atom is 0.387 e. The number of nitriles is 1. The number of aryl methyl sites for hydroxylation is 1. The van der Waals surface area contributed by atoms with Gasteiger partial charge in [0.05, 0.1) is 11.3 Å². The molecule has 0 fully saturated rings. The monoisotopic (exact) mass is 429 g/mol. The summed E-state index contributed by atoms with van der Waals surface area (Å²) in [5, 5.41) is 12.2. The quantitative estimate of drug-likeness (QED) is 0.572. The van der Waals surface area contributed by atoms with Gasteiger partial charge >= 0.3 is 6.61 Å². The average molecular weight is 429 g/mol. The highest BCUT2D eigenvalue weighted by molar-refractivity contribution is 7.16. The van der Waals surface area contributed by atoms with E-state index < -0.39 is 18.6 Å². The van der Waals surface area contributed by atoms with E-state index in [1.165, 1.54) is 23.5 Å². The Kier molecular flexibility index (Phi) is 6.59. The number of amides is 1. The molecule has 0 aliphatic heterocycles. The van der Waals surface area contributed by atoms with Crippen LogP contribution in [0.5, 0.6) is 11.5 Å². The first-order chi connectivity index (χ1) is 14.4. The summed E-state index contributed by atoms with van der Waals surface area (Å²) in [4.78, 5) is 17.7. The zero-order chi connectivity index (χ0) is 21.7. The number of benzene rings is 2. The van der Waals surface area contributed by atoms with E-state index in [0.717, 1.165) is 4.88 Å². The van der Waals surface area contributed by atoms with Crippen molar-refractivity contribution in [2.75, 3.05) is 5.32 Å². The highest BCUT2D eigenvalue weighted by Crippen LogP contribution is 2.31. The molecule has 6 nitrogen and oxygen atoms in total. The van der Waals surface area contributed by atoms with Crippen molar-refractivity contribution < 1.29 is 23.0 Å². The summed E-state index contributed by atoms with van der Waals surface area (Å²) in [5.41, 5.74) is 1.67. The van der Waals surface area contributed by atoms with Crippen molar-refractivity contribution in [2.45, 2.75) is 26.6 Å². The summed E-state index contributed by atoms with van der Waals surface area (Å²) in [6.07, 6.45) is -0.849. The molecule has 0 spiro atoms. The Hall–Kier alpha value is -3.51. The molecule has 0 aliphatic carbocycles. The second-order valence-electron chi connectivity index (χ2n) is 6.18. The minimum Gasteiger partial charge on any atom is -0.480 e. The van der Waals surface area contributed by atoms with Gasteiger partial charge in [0.15, 0.2) is 11.2 Å². The fraction of sp³-hybridized carbons (Fsp3) is 0.190. The van der Waals surface area contributed by atoms with Crippen LogP contribution in [0.4, 0.5) is 13.9 Å². The van der Waals surface area contributed by atoms with Gasteiger partial charge in [0.1, 0.15) is 17.6 Å². The van der Waals surface area contributed by atoms with Crippen LogP contribution >= 0.6 is 11.3 Å². The molecule has 1 amide bonds. The van der Waals surface area contributed by atoms with Crippen molar-refractivity contribution >= 4 is 22.4 Å². The number of alkyl halides is 2. The number of carbonyl (C=O) groups excluding carboxylic acids is 1. The van der Waals surface area contributed by atoms with E-state index >= 15 is 0 Å². The topological polar surface area (TPSA) is 84.2 Å². The number of hydrogen-bond acceptors (Lipinski definition) is 6. The molecular weight excluding hydrogens is 412 g/mol. The molecule has 9 heteroatoms. The van der Waals surface area contributed by atoms with Crippen molar-refractivity contribution in [1.82, 2.24) is 4.98 Å². The van der Waals surface area contributed by atoms with Gasteiger partial charge < -0.3 is 9.47 Å². The summed E-state index contributed by atoms with van der Waals surface area (Å²) in [6.45, 7) is 0.532. The normalized spacial score (nSPS) is 11.6. The van der Waals surface area contributed by atoms with Gasteiger partial charge in [0, 0.05) is 10.4 Å². The van der Waals surface area contributed by atoms with Crippen LogP contribution in [0.3, 0.4) is 0 Å². The van der Waals surface area contributed by atoms with Crippen LogP contribution in [0.1, 0.15) is 17.4 Å². The molecule has 3 aromatic rings. The van der Waals surface area contributed by atoms with E-state index in [9.17, 15) is 13.6 Å². The van der Waals surface area contributed by atoms with Crippen molar-refractivity contribution in [3.8, 4) is 28.8 Å². The molecule has 1 aromatic heterocycles. The van der Waals surface area contributed by atoms with Crippen LogP contribution in [-0.4, -0.2) is 23.6 Å². The van der Waals surface area contributed by atoms with E-state index in [4.69, 9.17) is 10.00 Å². The average Bonchev–Trinajstić information content (AvgIpc) is 3.08. The Balaban J connectivity index is 1.69. The lowest BCUT2D eigenvalue weighted by atomic mass is 10.1. The molecule has 1 unspecified atom stereocenters. The Morgan fingerprint density at radius 1 is 1.17 bits per heavy atom. The molecule has 0 bridgehead atoms. The van der Waals surface area contributed by atoms with Crippen LogP contribution < -0.4 is 14.8 Å². The second-order valence-corrected chi connectivity index (χ2v) is 7.39. The number of nitrogens with zero attached hydrogens (tertiary/aromatic N) is 2. The molecule has 1 heterocycles. The molecular formula is C21H17F2N3O3S. The molecule has 154 valence electrons. The van der Waals surface area contributed by atoms with E-state index in [1.807, 2.05) is 13.0 Å². The number of halogens is 2. The lowest BCUT2D eigenvalue weighted by Crippen LogP contribution is -2.30. The number of aromatic nitrogens is 1. The zero-order valence-corrected chi connectivity index (χ0v) is 16.9. The van der Waals surface area contributed by atoms with Crippen molar-refractivity contribution in [3.05, 3.63) is 59.0 Å². The van der Waals surface area contributed by atoms with Crippen molar-refractivity contribution in [1.29, 1.82) is 5.26 Å². The molecule has 0 saturated heterocycles. The molecule has 1 atom stereocenters. The Morgan fingerprint density at radius 2 is 1.87 bits per heavy atom. The third-order valence-corrected chi connectivity index (χ3v) is 4.95. The molecule has 0 radical (unpaired) electrons. The number of nitrogens with one attached hydrogen (secondary N) is 1. The minimum absolute atomic E-state index is 0.0544. The van der Waals surface area contributed by atoms with Crippen LogP contribution in [0.2, 0.25) is 0 Å². The predicted molar refractivity (Wildman–Crippen MR) is 109 cm³/mol. The highest BCUT2D eigenvalue weighted by atomic mass is 32.1. The van der Waals surface area contributed by atoms with Crippen LogP contribution in [0.15, 0.2) is 48.5 Å². The van der Waals surface area contributed by atoms with E-state index in [1.54, 1.807) is 43.3 Å². The number of para-hydroxylation sites is 1. The minimum atomic E-state index is -2.89. The number of rotatable bonds is 7. The summed E-state index contributed by atoms with van der Waals surface area (Å²) in [5.74, 6) is -0.0349. The van der Waals surface area contributed by atoms with Crippen LogP contribution in [0.25, 0.3) is 11.3 Å². The Labute approximate surface area is 175 Å². The van der Waals surface area contributed by atoms with E-state index in [0.29, 0.717) is 27.7 Å². The number of anilines is 1. The third-order valence-electron chi connectivity index (χ3n) is 4.06. The van der Waals surface area contributed by atoms with Gasteiger partial charge in [-0.3, -0.25) is 10.1 Å². The SMILES string of the molecule is Cc1sc(NC(=O)C(C)Oc2ccccc2C#N)nc1-c1ccc(OC(F)F)cc1. The van der Waals surface area contributed by atoms with Gasteiger partial charge in [-0.2, -0.15) is 14.0 Å². The molecule has 2 aromatic carbocycles. The van der Waals surface area contributed by atoms with Gasteiger partial charge in [0.2, 0.25) is 0 Å². The standard InChI is InChI=1S/C21H17F2N3O3S/c1-12(28-17-6-4-3-5-15(17)11-24)19(27)26-21-25-18(13(2)30-21)14-7-9-16(10-8-14)29-20(22)23/h3-10,12,20H,1-2H3,(H,25,26,27). The third kappa shape index (κ3) is 5.10. The largest absolute Gasteiger partial charge is 0.480 e. The van der Waals surface area contributed by atoms with Crippen molar-refractivity contribution in [2.24, 2.45) is 0 Å². The zero-order valence-electron chi connectivity index (χ0n) is 16.1. The van der Waals surface area contributed by atoms with Crippen LogP contribution in [-0.2, 0) is 4.79 Å². The maximum absolute atomic E-state index is 12.5. The van der Waals surface area contributed by atoms with Gasteiger partial charge in [-0.15, -0.1) is 11.3 Å². The van der Waals surface area contributed by atoms with Crippen molar-refractivity contribution in [3.63, 3.8) is 0 Å². The predicted octanol–water partition coefficient (Wildman–Crippen LogP) is 5.00. The summed E-state index contributed by atoms with van der Waals surface area (Å²) in [6, 6.07) is 14.8. The molecule has 0 aliphatic rings. The fourth-order valence-corrected chi connectivity index (χ4v) is 3.46. The Morgan fingerprint density at radius 3 is 2.53 bits per heavy atom. The summed E-state index contributed by atoms with van der Waals surface area (Å²) in [7, 11) is 0. The molecule has 0 saturated carbocycles. The highest BCUT2D eigenvalue weighted by Gasteiger charge is 2.19. The lowest BCUT2D eigenvalue weighted by molar-refractivity contribution is -0.122. The number of ether oxygens (including phenoxy) is 2. The number of hydrogen-bond donors (Lipinski definition) is 1. The van der Waals surface area contributed by atoms with Crippen LogP contribution in [0, 0.1) is 18.3 Å². The summed E-state index contributed by atoms with van der Waals surface area (Å²) < 4.78 is 34.5. The van der Waals surface area contributed by atoms with Gasteiger partial charge in [-0.05, 0) is 50.2 Å². The smallest absolute Gasteiger partial charge is 0.387 e. The van der Waals surface area contributed by atoms with Gasteiger partial charge in [0.25, 0.3) is 5.91 Å². The molecule has 3 rings (SSSR count). The first-order valence-electron chi connectivity index (χ1n) is 8.86. The maximum atomic E-state index is 12.5. The van der Waals surface area contributed by atoms with Gasteiger partial charge in [-0.25, -0.2) is 4.98 Å². The summed E-state index contributed by atoms with van der Waals surface area (Å²) >= 11 is 1.28. The van der Waals surface area contributed by atoms with Gasteiger partial charge in [-0.1, -0.05) is 12.1 Å². The second kappa shape index (κ2) is 9.33. The first-order valence-corrected chi connectivity index (χ1v) is 9.68. The van der Waals surface area contributed by atoms with E-state index in [-0.39, 0.29) is 5.75 Å².